The fourth-order valence-electron chi connectivity index (χ4n) is 3.38. The second-order valence-corrected chi connectivity index (χ2v) is 10.1. The number of carbonyl (C=O) groups is 1. The number of carbonyl (C=O) groups excluding carboxylic acids is 1. The van der Waals surface area contributed by atoms with E-state index in [1.807, 2.05) is 24.3 Å². The molecule has 0 aliphatic heterocycles. The molecule has 182 valence electrons. The zero-order chi connectivity index (χ0) is 25.0. The van der Waals surface area contributed by atoms with Gasteiger partial charge in [0, 0.05) is 26.4 Å². The summed E-state index contributed by atoms with van der Waals surface area (Å²) < 4.78 is 31.6. The average molecular weight is 496 g/mol. The molecule has 0 fully saturated rings. The first-order valence-corrected chi connectivity index (χ1v) is 12.2. The van der Waals surface area contributed by atoms with Crippen molar-refractivity contribution in [2.24, 2.45) is 0 Å². The van der Waals surface area contributed by atoms with Crippen molar-refractivity contribution in [3.05, 3.63) is 72.3 Å². The van der Waals surface area contributed by atoms with Crippen molar-refractivity contribution in [2.75, 3.05) is 32.6 Å². The van der Waals surface area contributed by atoms with E-state index in [4.69, 9.17) is 4.74 Å². The number of anilines is 1. The fraction of sp³-hybridized carbons (Fsp3) is 0.208. The second-order valence-electron chi connectivity index (χ2n) is 7.91. The third-order valence-corrected chi connectivity index (χ3v) is 6.99. The number of amides is 1. The Morgan fingerprint density at radius 3 is 2.40 bits per heavy atom. The van der Waals surface area contributed by atoms with Crippen LogP contribution < -0.4 is 10.1 Å². The molecule has 0 aliphatic carbocycles. The number of aromatic nitrogens is 3. The van der Waals surface area contributed by atoms with Crippen molar-refractivity contribution in [1.29, 1.82) is 0 Å². The van der Waals surface area contributed by atoms with Gasteiger partial charge >= 0.3 is 0 Å². The van der Waals surface area contributed by atoms with Crippen molar-refractivity contribution in [3.63, 3.8) is 0 Å². The number of rotatable bonds is 9. The number of nitrogens with one attached hydrogen (secondary N) is 1. The van der Waals surface area contributed by atoms with Crippen molar-refractivity contribution in [1.82, 2.24) is 19.3 Å². The number of nitrogens with zero attached hydrogens (tertiary/aromatic N) is 4. The Kier molecular flexibility index (Phi) is 7.10. The largest absolute Gasteiger partial charge is 0.481 e. The van der Waals surface area contributed by atoms with Crippen LogP contribution >= 0.6 is 0 Å². The highest BCUT2D eigenvalue weighted by atomic mass is 32.2. The Labute approximate surface area is 202 Å². The molecule has 3 aromatic carbocycles. The molecular formula is C24H25N5O5S. The van der Waals surface area contributed by atoms with Crippen LogP contribution in [0.3, 0.4) is 0 Å². The Bertz CT molecular complexity index is 1430. The molecule has 4 aromatic rings. The molecule has 0 saturated heterocycles. The molecule has 1 aromatic heterocycles. The number of aliphatic hydroxyl groups excluding tert-OH is 1. The van der Waals surface area contributed by atoms with Crippen LogP contribution in [0, 0.1) is 0 Å². The maximum Gasteiger partial charge on any atom is 0.262 e. The number of benzene rings is 3. The Balaban J connectivity index is 1.53. The minimum atomic E-state index is -3.63. The summed E-state index contributed by atoms with van der Waals surface area (Å²) in [5, 5.41) is 21.0. The molecule has 35 heavy (non-hydrogen) atoms. The van der Waals surface area contributed by atoms with Crippen LogP contribution in [0.25, 0.3) is 16.7 Å². The summed E-state index contributed by atoms with van der Waals surface area (Å²) in [6.07, 6.45) is 0.445. The number of fused-ring (bicyclic) bond motifs is 1. The van der Waals surface area contributed by atoms with Gasteiger partial charge in [0.2, 0.25) is 10.0 Å². The number of aliphatic hydroxyl groups is 1. The summed E-state index contributed by atoms with van der Waals surface area (Å²) in [7, 11) is -0.751. The summed E-state index contributed by atoms with van der Waals surface area (Å²) in [5.74, 6) is -0.0838. The second kappa shape index (κ2) is 10.2. The van der Waals surface area contributed by atoms with E-state index in [9.17, 15) is 18.3 Å². The highest BCUT2D eigenvalue weighted by molar-refractivity contribution is 7.89. The maximum absolute atomic E-state index is 12.6. The summed E-state index contributed by atoms with van der Waals surface area (Å²) in [4.78, 5) is 14.1. The fourth-order valence-corrected chi connectivity index (χ4v) is 4.33. The van der Waals surface area contributed by atoms with Gasteiger partial charge in [0.25, 0.3) is 5.91 Å². The van der Waals surface area contributed by atoms with Gasteiger partial charge in [0.1, 0.15) is 22.5 Å². The molecule has 1 heterocycles. The zero-order valence-electron chi connectivity index (χ0n) is 19.2. The van der Waals surface area contributed by atoms with Crippen LogP contribution in [-0.4, -0.2) is 66.0 Å². The number of ether oxygens (including phenoxy) is 1. The van der Waals surface area contributed by atoms with Crippen LogP contribution in [0.15, 0.2) is 71.6 Å². The summed E-state index contributed by atoms with van der Waals surface area (Å²) in [6, 6.07) is 18.7. The van der Waals surface area contributed by atoms with Gasteiger partial charge in [0.15, 0.2) is 6.61 Å². The number of hydrogen-bond acceptors (Lipinski definition) is 7. The van der Waals surface area contributed by atoms with Gasteiger partial charge in [-0.15, -0.1) is 15.0 Å². The monoisotopic (exact) mass is 495 g/mol. The minimum Gasteiger partial charge on any atom is -0.481 e. The van der Waals surface area contributed by atoms with E-state index in [1.165, 1.54) is 31.0 Å². The lowest BCUT2D eigenvalue weighted by atomic mass is 10.1. The van der Waals surface area contributed by atoms with Gasteiger partial charge in [-0.05, 0) is 54.4 Å². The summed E-state index contributed by atoms with van der Waals surface area (Å²) in [5.41, 5.74) is 3.13. The molecule has 0 spiro atoms. The predicted molar refractivity (Wildman–Crippen MR) is 131 cm³/mol. The Morgan fingerprint density at radius 1 is 1.03 bits per heavy atom. The van der Waals surface area contributed by atoms with E-state index >= 15 is 0 Å². The van der Waals surface area contributed by atoms with Crippen LogP contribution in [0.2, 0.25) is 0 Å². The molecule has 0 unspecified atom stereocenters. The lowest BCUT2D eigenvalue weighted by Gasteiger charge is -2.14. The molecule has 0 bridgehead atoms. The topological polar surface area (TPSA) is 127 Å². The van der Waals surface area contributed by atoms with Crippen LogP contribution in [0.5, 0.6) is 5.75 Å². The quantitative estimate of drug-likeness (QED) is 0.365. The molecule has 0 radical (unpaired) electrons. The minimum absolute atomic E-state index is 0.0147. The van der Waals surface area contributed by atoms with Crippen molar-refractivity contribution >= 4 is 32.7 Å². The molecule has 10 nitrogen and oxygen atoms in total. The Hall–Kier alpha value is -3.80. The van der Waals surface area contributed by atoms with Crippen LogP contribution in [0.4, 0.5) is 5.69 Å². The average Bonchev–Trinajstić information content (AvgIpc) is 3.27. The van der Waals surface area contributed by atoms with Crippen molar-refractivity contribution in [2.45, 2.75) is 11.3 Å². The molecule has 1 amide bonds. The maximum atomic E-state index is 12.6. The standard InChI is InChI=1S/C24H25N5O5S/c1-28(2)35(32,33)19-7-5-6-18(15-19)25-24(31)16-34-23-11-10-17(12-13-30)14-22(23)29-26-20-8-3-4-9-21(20)27-29/h3-11,14-15,30H,12-13,16H2,1-2H3,(H,25,31). The predicted octanol–water partition coefficient (Wildman–Crippen LogP) is 2.22. The molecule has 2 N–H and O–H groups in total. The third-order valence-electron chi connectivity index (χ3n) is 5.18. The SMILES string of the molecule is CN(C)S(=O)(=O)c1cccc(NC(=O)COc2ccc(CCO)cc2-n2nc3ccccc3n2)c1. The smallest absolute Gasteiger partial charge is 0.262 e. The highest BCUT2D eigenvalue weighted by Crippen LogP contribution is 2.25. The summed E-state index contributed by atoms with van der Waals surface area (Å²) >= 11 is 0. The lowest BCUT2D eigenvalue weighted by Crippen LogP contribution is -2.23. The van der Waals surface area contributed by atoms with E-state index < -0.39 is 15.9 Å². The van der Waals surface area contributed by atoms with Gasteiger partial charge < -0.3 is 15.2 Å². The first kappa shape index (κ1) is 24.3. The van der Waals surface area contributed by atoms with Gasteiger partial charge in [-0.25, -0.2) is 12.7 Å². The summed E-state index contributed by atoms with van der Waals surface area (Å²) in [6.45, 7) is -0.336. The third kappa shape index (κ3) is 5.48. The van der Waals surface area contributed by atoms with Gasteiger partial charge in [-0.2, -0.15) is 0 Å². The van der Waals surface area contributed by atoms with Crippen LogP contribution in [0.1, 0.15) is 5.56 Å². The van der Waals surface area contributed by atoms with Gasteiger partial charge in [0.05, 0.1) is 4.90 Å². The van der Waals surface area contributed by atoms with Gasteiger partial charge in [-0.3, -0.25) is 4.79 Å². The van der Waals surface area contributed by atoms with Gasteiger partial charge in [-0.1, -0.05) is 24.3 Å². The Morgan fingerprint density at radius 2 is 1.74 bits per heavy atom. The van der Waals surface area contributed by atoms with E-state index in [1.54, 1.807) is 30.3 Å². The normalized spacial score (nSPS) is 11.7. The van der Waals surface area contributed by atoms with E-state index in [0.717, 1.165) is 9.87 Å². The zero-order valence-corrected chi connectivity index (χ0v) is 20.1. The molecule has 0 saturated carbocycles. The van der Waals surface area contributed by atoms with E-state index in [-0.39, 0.29) is 18.1 Å². The lowest BCUT2D eigenvalue weighted by molar-refractivity contribution is -0.118. The molecule has 11 heteroatoms. The van der Waals surface area contributed by atoms with E-state index in [0.29, 0.717) is 34.6 Å². The molecule has 4 rings (SSSR count). The number of hydrogen-bond donors (Lipinski definition) is 2. The van der Waals surface area contributed by atoms with Crippen LogP contribution in [-0.2, 0) is 21.2 Å². The molecular weight excluding hydrogens is 470 g/mol. The van der Waals surface area contributed by atoms with E-state index in [2.05, 4.69) is 15.5 Å². The highest BCUT2D eigenvalue weighted by Gasteiger charge is 2.18. The molecule has 0 atom stereocenters. The number of sulfonamides is 1. The molecule has 0 aliphatic rings. The van der Waals surface area contributed by atoms with Crippen molar-refractivity contribution in [3.8, 4) is 11.4 Å². The first-order valence-electron chi connectivity index (χ1n) is 10.8. The first-order chi connectivity index (χ1) is 16.8. The van der Waals surface area contributed by atoms with Crippen molar-refractivity contribution < 1.29 is 23.1 Å².